The third-order valence-electron chi connectivity index (χ3n) is 8.78. The van der Waals surface area contributed by atoms with Crippen molar-refractivity contribution >= 4 is 60.6 Å². The number of para-hydroxylation sites is 2. The molecular formula is C40H32N2. The molecule has 0 N–H and O–H groups in total. The molecule has 2 nitrogen and oxygen atoms in total. The van der Waals surface area contributed by atoms with Gasteiger partial charge in [-0.25, -0.2) is 0 Å². The third-order valence-corrected chi connectivity index (χ3v) is 8.78. The zero-order valence-electron chi connectivity index (χ0n) is 23.8. The first-order valence-electron chi connectivity index (χ1n) is 14.9. The smallest absolute Gasteiger partial charge is 0.0788 e. The number of nitrogens with zero attached hydrogens (tertiary/aromatic N) is 2. The van der Waals surface area contributed by atoms with Gasteiger partial charge < -0.3 is 9.13 Å². The highest BCUT2D eigenvalue weighted by Crippen LogP contribution is 2.43. The van der Waals surface area contributed by atoms with Crippen LogP contribution in [0.5, 0.6) is 0 Å². The van der Waals surface area contributed by atoms with Gasteiger partial charge in [0.25, 0.3) is 0 Å². The van der Waals surface area contributed by atoms with Gasteiger partial charge >= 0.3 is 0 Å². The van der Waals surface area contributed by atoms with E-state index in [0.717, 1.165) is 19.3 Å². The van der Waals surface area contributed by atoms with Crippen LogP contribution in [-0.4, -0.2) is 9.13 Å². The van der Waals surface area contributed by atoms with Crippen molar-refractivity contribution in [2.75, 3.05) is 0 Å². The van der Waals surface area contributed by atoms with E-state index >= 15 is 0 Å². The van der Waals surface area contributed by atoms with Crippen LogP contribution in [0, 0.1) is 0 Å². The van der Waals surface area contributed by atoms with Gasteiger partial charge in [0.1, 0.15) is 0 Å². The molecule has 0 saturated carbocycles. The lowest BCUT2D eigenvalue weighted by molar-refractivity contribution is 1.04. The monoisotopic (exact) mass is 540 g/mol. The summed E-state index contributed by atoms with van der Waals surface area (Å²) in [6.45, 7) is 2.24. The van der Waals surface area contributed by atoms with Crippen molar-refractivity contribution in [1.82, 2.24) is 9.13 Å². The minimum absolute atomic E-state index is 0.967. The van der Waals surface area contributed by atoms with Crippen molar-refractivity contribution < 1.29 is 0 Å². The van der Waals surface area contributed by atoms with Gasteiger partial charge in [0.05, 0.1) is 22.1 Å². The Morgan fingerprint density at radius 1 is 0.667 bits per heavy atom. The number of hydrogen-bond donors (Lipinski definition) is 0. The van der Waals surface area contributed by atoms with Crippen LogP contribution in [-0.2, 0) is 0 Å². The van der Waals surface area contributed by atoms with Crippen molar-refractivity contribution in [3.63, 3.8) is 0 Å². The van der Waals surface area contributed by atoms with E-state index in [1.54, 1.807) is 0 Å². The number of rotatable bonds is 4. The van der Waals surface area contributed by atoms with Crippen molar-refractivity contribution in [3.05, 3.63) is 151 Å². The lowest BCUT2D eigenvalue weighted by atomic mass is 9.95. The Hall–Kier alpha value is -5.08. The van der Waals surface area contributed by atoms with Crippen LogP contribution in [0.25, 0.3) is 60.6 Å². The minimum atomic E-state index is 0.967. The highest BCUT2D eigenvalue weighted by Gasteiger charge is 2.23. The SMILES string of the molecule is C/C(=C\C=C1\C=CC=CC1)n1c2ccccc2c2ccc3c4ccccc4n(C4=C(c5ccccc5)CCC=C4)c3c21. The van der Waals surface area contributed by atoms with Crippen molar-refractivity contribution in [2.45, 2.75) is 26.2 Å². The van der Waals surface area contributed by atoms with E-state index in [1.165, 1.54) is 71.7 Å². The molecule has 0 atom stereocenters. The van der Waals surface area contributed by atoms with E-state index < -0.39 is 0 Å². The van der Waals surface area contributed by atoms with E-state index in [9.17, 15) is 0 Å². The quantitative estimate of drug-likeness (QED) is 0.210. The Labute approximate surface area is 246 Å². The summed E-state index contributed by atoms with van der Waals surface area (Å²) in [5.41, 5.74) is 11.5. The van der Waals surface area contributed by atoms with Gasteiger partial charge in [0, 0.05) is 32.9 Å². The Bertz CT molecular complexity index is 2200. The molecule has 0 spiro atoms. The minimum Gasteiger partial charge on any atom is -0.311 e. The molecule has 0 bridgehead atoms. The summed E-state index contributed by atoms with van der Waals surface area (Å²) in [5.74, 6) is 0. The number of fused-ring (bicyclic) bond motifs is 7. The van der Waals surface area contributed by atoms with Gasteiger partial charge in [0.2, 0.25) is 0 Å². The predicted molar refractivity (Wildman–Crippen MR) is 181 cm³/mol. The molecule has 4 aromatic carbocycles. The van der Waals surface area contributed by atoms with E-state index in [1.807, 2.05) is 0 Å². The maximum absolute atomic E-state index is 2.54. The summed E-state index contributed by atoms with van der Waals surface area (Å²) in [7, 11) is 0. The van der Waals surface area contributed by atoms with E-state index in [0.29, 0.717) is 0 Å². The molecule has 0 fully saturated rings. The lowest BCUT2D eigenvalue weighted by Gasteiger charge is -2.20. The second-order valence-corrected chi connectivity index (χ2v) is 11.3. The molecule has 0 radical (unpaired) electrons. The second kappa shape index (κ2) is 10.1. The van der Waals surface area contributed by atoms with Crippen LogP contribution in [0.3, 0.4) is 0 Å². The Kier molecular flexibility index (Phi) is 5.93. The van der Waals surface area contributed by atoms with Gasteiger partial charge in [-0.15, -0.1) is 0 Å². The third kappa shape index (κ3) is 3.87. The summed E-state index contributed by atoms with van der Waals surface area (Å²) in [6, 6.07) is 33.3. The summed E-state index contributed by atoms with van der Waals surface area (Å²) < 4.78 is 5.03. The first kappa shape index (κ1) is 24.7. The van der Waals surface area contributed by atoms with Crippen LogP contribution < -0.4 is 0 Å². The van der Waals surface area contributed by atoms with Crippen LogP contribution in [0.1, 0.15) is 31.7 Å². The zero-order chi connectivity index (χ0) is 28.0. The molecule has 2 heteroatoms. The molecule has 8 rings (SSSR count). The largest absolute Gasteiger partial charge is 0.311 e. The van der Waals surface area contributed by atoms with Crippen molar-refractivity contribution in [2.24, 2.45) is 0 Å². The normalized spacial score (nSPS) is 16.7. The van der Waals surface area contributed by atoms with E-state index in [2.05, 4.69) is 156 Å². The number of hydrogen-bond acceptors (Lipinski definition) is 0. The molecule has 2 aliphatic rings. The highest BCUT2D eigenvalue weighted by atomic mass is 15.0. The average molecular weight is 541 g/mol. The zero-order valence-corrected chi connectivity index (χ0v) is 23.8. The molecule has 2 heterocycles. The van der Waals surface area contributed by atoms with Crippen LogP contribution in [0.2, 0.25) is 0 Å². The molecule has 0 saturated heterocycles. The van der Waals surface area contributed by atoms with Crippen molar-refractivity contribution in [3.8, 4) is 0 Å². The van der Waals surface area contributed by atoms with Gasteiger partial charge in [-0.05, 0) is 67.2 Å². The maximum atomic E-state index is 2.54. The fourth-order valence-corrected chi connectivity index (χ4v) is 6.87. The first-order chi connectivity index (χ1) is 20.8. The highest BCUT2D eigenvalue weighted by molar-refractivity contribution is 6.25. The Morgan fingerprint density at radius 3 is 2.17 bits per heavy atom. The Morgan fingerprint density at radius 2 is 1.38 bits per heavy atom. The summed E-state index contributed by atoms with van der Waals surface area (Å²) >= 11 is 0. The van der Waals surface area contributed by atoms with Gasteiger partial charge in [-0.3, -0.25) is 0 Å². The van der Waals surface area contributed by atoms with Crippen LogP contribution in [0.15, 0.2) is 145 Å². The van der Waals surface area contributed by atoms with Gasteiger partial charge in [-0.2, -0.15) is 0 Å². The summed E-state index contributed by atoms with van der Waals surface area (Å²) in [4.78, 5) is 0. The molecule has 2 aromatic heterocycles. The van der Waals surface area contributed by atoms with Crippen LogP contribution in [0.4, 0.5) is 0 Å². The summed E-state index contributed by atoms with van der Waals surface area (Å²) in [5, 5.41) is 5.13. The maximum Gasteiger partial charge on any atom is 0.0788 e. The fourth-order valence-electron chi connectivity index (χ4n) is 6.87. The number of aromatic nitrogens is 2. The standard InChI is InChI=1S/C40H32N2/c1-28(24-25-29-14-4-2-5-15-29)41-37-22-12-9-19-32(37)34-26-27-35-33-20-10-13-23-38(33)42(40(35)39(34)41)36-21-11-8-18-31(36)30-16-6-3-7-17-30/h2-7,9-14,16-17,19-27H,8,15,18H2,1H3/b28-24+,29-25-. The lowest BCUT2D eigenvalue weighted by Crippen LogP contribution is -2.04. The van der Waals surface area contributed by atoms with Gasteiger partial charge in [0.15, 0.2) is 0 Å². The average Bonchev–Trinajstić information content (AvgIpc) is 3.58. The molecule has 42 heavy (non-hydrogen) atoms. The fraction of sp³-hybridized carbons (Fsp3) is 0.100. The topological polar surface area (TPSA) is 9.86 Å². The predicted octanol–water partition coefficient (Wildman–Crippen LogP) is 10.9. The van der Waals surface area contributed by atoms with Crippen molar-refractivity contribution in [1.29, 1.82) is 0 Å². The molecule has 0 amide bonds. The Balaban J connectivity index is 1.53. The molecule has 2 aliphatic carbocycles. The van der Waals surface area contributed by atoms with Crippen LogP contribution >= 0.6 is 0 Å². The number of allylic oxidation sites excluding steroid dienone is 12. The molecule has 0 unspecified atom stereocenters. The molecular weight excluding hydrogens is 508 g/mol. The molecule has 6 aromatic rings. The first-order valence-corrected chi connectivity index (χ1v) is 14.9. The van der Waals surface area contributed by atoms with E-state index in [4.69, 9.17) is 0 Å². The summed E-state index contributed by atoms with van der Waals surface area (Å²) in [6.07, 6.45) is 20.9. The second-order valence-electron chi connectivity index (χ2n) is 11.3. The molecule has 0 aliphatic heterocycles. The van der Waals surface area contributed by atoms with E-state index in [-0.39, 0.29) is 0 Å². The molecule has 202 valence electrons. The van der Waals surface area contributed by atoms with Gasteiger partial charge in [-0.1, -0.05) is 115 Å². The number of benzene rings is 4.